The Bertz CT molecular complexity index is 748. The number of thiazole rings is 1. The Balaban J connectivity index is 2.05. The number of aryl methyl sites for hydroxylation is 1. The Morgan fingerprint density at radius 3 is 2.81 bits per heavy atom. The van der Waals surface area contributed by atoms with Gasteiger partial charge in [-0.1, -0.05) is 6.92 Å². The summed E-state index contributed by atoms with van der Waals surface area (Å²) in [4.78, 5) is 13.6. The number of hydrogen-bond donors (Lipinski definition) is 0. The van der Waals surface area contributed by atoms with Crippen LogP contribution in [0, 0.1) is 6.92 Å². The van der Waals surface area contributed by atoms with Gasteiger partial charge < -0.3 is 4.57 Å². The molecule has 0 amide bonds. The van der Waals surface area contributed by atoms with Gasteiger partial charge in [0, 0.05) is 30.2 Å². The summed E-state index contributed by atoms with van der Waals surface area (Å²) in [5, 5.41) is 2.98. The van der Waals surface area contributed by atoms with Crippen LogP contribution in [-0.2, 0) is 6.54 Å². The number of nitrogens with zero attached hydrogens (tertiary/aromatic N) is 4. The number of rotatable bonds is 4. The molecule has 2 unspecified atom stereocenters. The minimum absolute atomic E-state index is 0.150. The van der Waals surface area contributed by atoms with Gasteiger partial charge >= 0.3 is 0 Å². The molecule has 3 heterocycles. The van der Waals surface area contributed by atoms with E-state index in [0.29, 0.717) is 5.92 Å². The SMILES string of the molecule is Cc1cnc2c(c1)nc(C(C)Cl)n2CC(C)c1nccs1. The summed E-state index contributed by atoms with van der Waals surface area (Å²) >= 11 is 7.98. The first-order valence-corrected chi connectivity index (χ1v) is 8.24. The van der Waals surface area contributed by atoms with Gasteiger partial charge in [0.1, 0.15) is 11.3 Å². The van der Waals surface area contributed by atoms with E-state index in [1.807, 2.05) is 31.6 Å². The highest BCUT2D eigenvalue weighted by Gasteiger charge is 2.19. The molecular formula is C15H17ClN4S. The smallest absolute Gasteiger partial charge is 0.160 e. The second-order valence-corrected chi connectivity index (χ2v) is 6.90. The lowest BCUT2D eigenvalue weighted by atomic mass is 10.2. The first kappa shape index (κ1) is 14.5. The van der Waals surface area contributed by atoms with Crippen LogP contribution in [0.25, 0.3) is 11.2 Å². The van der Waals surface area contributed by atoms with E-state index in [1.54, 1.807) is 11.3 Å². The molecule has 0 N–H and O–H groups in total. The molecular weight excluding hydrogens is 304 g/mol. The molecule has 3 aromatic heterocycles. The minimum atomic E-state index is -0.150. The topological polar surface area (TPSA) is 43.6 Å². The fraction of sp³-hybridized carbons (Fsp3) is 0.400. The molecule has 0 aromatic carbocycles. The Labute approximate surface area is 132 Å². The third-order valence-corrected chi connectivity index (χ3v) is 4.64. The highest BCUT2D eigenvalue weighted by atomic mass is 35.5. The number of pyridine rings is 1. The second kappa shape index (κ2) is 5.73. The predicted molar refractivity (Wildman–Crippen MR) is 87.1 cm³/mol. The summed E-state index contributed by atoms with van der Waals surface area (Å²) in [5.74, 6) is 1.17. The maximum atomic E-state index is 6.30. The number of alkyl halides is 1. The minimum Gasteiger partial charge on any atom is -0.311 e. The molecule has 110 valence electrons. The van der Waals surface area contributed by atoms with E-state index in [4.69, 9.17) is 11.6 Å². The first-order chi connectivity index (χ1) is 10.1. The molecule has 0 aliphatic carbocycles. The van der Waals surface area contributed by atoms with Gasteiger partial charge in [-0.15, -0.1) is 22.9 Å². The van der Waals surface area contributed by atoms with E-state index < -0.39 is 0 Å². The molecule has 6 heteroatoms. The molecule has 2 atom stereocenters. The largest absolute Gasteiger partial charge is 0.311 e. The summed E-state index contributed by atoms with van der Waals surface area (Å²) in [6, 6.07) is 2.05. The zero-order chi connectivity index (χ0) is 15.0. The Morgan fingerprint density at radius 2 is 2.14 bits per heavy atom. The number of halogens is 1. The van der Waals surface area contributed by atoms with Crippen LogP contribution in [0.5, 0.6) is 0 Å². The van der Waals surface area contributed by atoms with E-state index in [9.17, 15) is 0 Å². The number of aromatic nitrogens is 4. The van der Waals surface area contributed by atoms with Crippen LogP contribution in [0.1, 0.15) is 41.5 Å². The molecule has 0 spiro atoms. The quantitative estimate of drug-likeness (QED) is 0.673. The third kappa shape index (κ3) is 2.80. The average molecular weight is 321 g/mol. The lowest BCUT2D eigenvalue weighted by Gasteiger charge is -2.14. The predicted octanol–water partition coefficient (Wildman–Crippen LogP) is 4.30. The van der Waals surface area contributed by atoms with E-state index in [1.165, 1.54) is 0 Å². The van der Waals surface area contributed by atoms with Crippen molar-refractivity contribution in [2.75, 3.05) is 0 Å². The molecule has 0 bridgehead atoms. The van der Waals surface area contributed by atoms with Gasteiger partial charge in [-0.05, 0) is 25.5 Å². The monoisotopic (exact) mass is 320 g/mol. The standard InChI is InChI=1S/C15H17ClN4S/c1-9-6-12-14(18-7-9)20(13(19-12)11(3)16)8-10(2)15-17-4-5-21-15/h4-7,10-11H,8H2,1-3H3. The van der Waals surface area contributed by atoms with Crippen molar-refractivity contribution >= 4 is 34.1 Å². The summed E-state index contributed by atoms with van der Waals surface area (Å²) < 4.78 is 2.12. The van der Waals surface area contributed by atoms with Crippen molar-refractivity contribution in [3.8, 4) is 0 Å². The molecule has 4 nitrogen and oxygen atoms in total. The van der Waals surface area contributed by atoms with E-state index in [2.05, 4.69) is 32.5 Å². The van der Waals surface area contributed by atoms with Crippen molar-refractivity contribution in [1.82, 2.24) is 19.5 Å². The van der Waals surface area contributed by atoms with Crippen molar-refractivity contribution in [3.63, 3.8) is 0 Å². The van der Waals surface area contributed by atoms with Crippen molar-refractivity contribution in [2.45, 2.75) is 38.6 Å². The van der Waals surface area contributed by atoms with Gasteiger partial charge in [0.05, 0.1) is 10.4 Å². The van der Waals surface area contributed by atoms with Crippen LogP contribution in [-0.4, -0.2) is 19.5 Å². The van der Waals surface area contributed by atoms with Crippen LogP contribution < -0.4 is 0 Å². The van der Waals surface area contributed by atoms with E-state index >= 15 is 0 Å². The normalized spacial score (nSPS) is 14.5. The fourth-order valence-corrected chi connectivity index (χ4v) is 3.30. The van der Waals surface area contributed by atoms with Gasteiger partial charge in [0.15, 0.2) is 5.65 Å². The van der Waals surface area contributed by atoms with Crippen LogP contribution in [0.4, 0.5) is 0 Å². The third-order valence-electron chi connectivity index (χ3n) is 3.44. The molecule has 0 aliphatic rings. The van der Waals surface area contributed by atoms with Crippen LogP contribution in [0.3, 0.4) is 0 Å². The highest BCUT2D eigenvalue weighted by molar-refractivity contribution is 7.09. The summed E-state index contributed by atoms with van der Waals surface area (Å²) in [7, 11) is 0. The number of fused-ring (bicyclic) bond motifs is 1. The average Bonchev–Trinajstić information content (AvgIpc) is 3.06. The van der Waals surface area contributed by atoms with Crippen LogP contribution >= 0.6 is 22.9 Å². The van der Waals surface area contributed by atoms with Crippen LogP contribution in [0.2, 0.25) is 0 Å². The highest BCUT2D eigenvalue weighted by Crippen LogP contribution is 2.27. The number of imidazole rings is 1. The van der Waals surface area contributed by atoms with Crippen molar-refractivity contribution in [2.24, 2.45) is 0 Å². The molecule has 3 aromatic rings. The van der Waals surface area contributed by atoms with Crippen LogP contribution in [0.15, 0.2) is 23.8 Å². The first-order valence-electron chi connectivity index (χ1n) is 6.92. The van der Waals surface area contributed by atoms with Crippen molar-refractivity contribution < 1.29 is 0 Å². The molecule has 0 aliphatic heterocycles. The van der Waals surface area contributed by atoms with Gasteiger partial charge in [-0.2, -0.15) is 0 Å². The summed E-state index contributed by atoms with van der Waals surface area (Å²) in [6.07, 6.45) is 3.71. The molecule has 0 saturated heterocycles. The van der Waals surface area contributed by atoms with Gasteiger partial charge in [-0.25, -0.2) is 15.0 Å². The number of hydrogen-bond acceptors (Lipinski definition) is 4. The maximum absolute atomic E-state index is 6.30. The zero-order valence-electron chi connectivity index (χ0n) is 12.2. The van der Waals surface area contributed by atoms with Gasteiger partial charge in [0.25, 0.3) is 0 Å². The Kier molecular flexibility index (Phi) is 3.95. The summed E-state index contributed by atoms with van der Waals surface area (Å²) in [6.45, 7) is 6.92. The van der Waals surface area contributed by atoms with E-state index in [-0.39, 0.29) is 5.38 Å². The van der Waals surface area contributed by atoms with Gasteiger partial charge in [0.2, 0.25) is 0 Å². The van der Waals surface area contributed by atoms with Crippen molar-refractivity contribution in [1.29, 1.82) is 0 Å². The van der Waals surface area contributed by atoms with E-state index in [0.717, 1.165) is 34.1 Å². The zero-order valence-corrected chi connectivity index (χ0v) is 13.8. The maximum Gasteiger partial charge on any atom is 0.160 e. The molecule has 3 rings (SSSR count). The molecule has 0 saturated carbocycles. The van der Waals surface area contributed by atoms with Crippen molar-refractivity contribution in [3.05, 3.63) is 40.2 Å². The lowest BCUT2D eigenvalue weighted by molar-refractivity contribution is 0.580. The second-order valence-electron chi connectivity index (χ2n) is 5.32. The fourth-order valence-electron chi connectivity index (χ4n) is 2.44. The Hall–Kier alpha value is -1.46. The molecule has 0 radical (unpaired) electrons. The molecule has 0 fully saturated rings. The molecule has 21 heavy (non-hydrogen) atoms. The summed E-state index contributed by atoms with van der Waals surface area (Å²) in [5.41, 5.74) is 2.91. The lowest BCUT2D eigenvalue weighted by Crippen LogP contribution is -2.10. The van der Waals surface area contributed by atoms with Gasteiger partial charge in [-0.3, -0.25) is 0 Å². The Morgan fingerprint density at radius 1 is 1.33 bits per heavy atom.